The van der Waals surface area contributed by atoms with E-state index in [1.165, 1.54) is 0 Å². The summed E-state index contributed by atoms with van der Waals surface area (Å²) in [4.78, 5) is 0. The van der Waals surface area contributed by atoms with Crippen LogP contribution < -0.4 is 10.5 Å². The van der Waals surface area contributed by atoms with E-state index in [4.69, 9.17) is 22.1 Å². The summed E-state index contributed by atoms with van der Waals surface area (Å²) in [5.74, 6) is 1.44. The standard InChI is InChI=1S/C15H16ClNO/c1-10-7-14(16)15(8-11(10)2)18-13-5-3-12(9-17)4-6-13/h3-8H,9,17H2,1-2H3. The van der Waals surface area contributed by atoms with Gasteiger partial charge in [-0.2, -0.15) is 0 Å². The van der Waals surface area contributed by atoms with E-state index in [0.717, 1.165) is 22.4 Å². The topological polar surface area (TPSA) is 35.2 Å². The van der Waals surface area contributed by atoms with Gasteiger partial charge in [-0.05, 0) is 54.8 Å². The first-order chi connectivity index (χ1) is 8.60. The number of nitrogens with two attached hydrogens (primary N) is 1. The van der Waals surface area contributed by atoms with Crippen LogP contribution in [-0.4, -0.2) is 0 Å². The molecule has 0 unspecified atom stereocenters. The van der Waals surface area contributed by atoms with E-state index in [1.807, 2.05) is 50.2 Å². The first kappa shape index (κ1) is 12.9. The normalized spacial score (nSPS) is 10.4. The lowest BCUT2D eigenvalue weighted by atomic mass is 10.1. The van der Waals surface area contributed by atoms with Crippen LogP contribution in [0.2, 0.25) is 5.02 Å². The number of benzene rings is 2. The van der Waals surface area contributed by atoms with Crippen molar-refractivity contribution in [3.8, 4) is 11.5 Å². The Morgan fingerprint density at radius 3 is 2.28 bits per heavy atom. The third-order valence-corrected chi connectivity index (χ3v) is 3.23. The average molecular weight is 262 g/mol. The van der Waals surface area contributed by atoms with Crippen LogP contribution in [-0.2, 0) is 6.54 Å². The van der Waals surface area contributed by atoms with Gasteiger partial charge in [0.05, 0.1) is 5.02 Å². The lowest BCUT2D eigenvalue weighted by Gasteiger charge is -2.10. The molecule has 0 heterocycles. The summed E-state index contributed by atoms with van der Waals surface area (Å²) in [6.45, 7) is 4.60. The second-order valence-corrected chi connectivity index (χ2v) is 4.72. The summed E-state index contributed by atoms with van der Waals surface area (Å²) in [5.41, 5.74) is 8.95. The number of rotatable bonds is 3. The minimum absolute atomic E-state index is 0.532. The molecule has 0 saturated heterocycles. The lowest BCUT2D eigenvalue weighted by molar-refractivity contribution is 0.482. The van der Waals surface area contributed by atoms with Gasteiger partial charge >= 0.3 is 0 Å². The van der Waals surface area contributed by atoms with Crippen molar-refractivity contribution < 1.29 is 4.74 Å². The van der Waals surface area contributed by atoms with Crippen molar-refractivity contribution >= 4 is 11.6 Å². The van der Waals surface area contributed by atoms with Crippen molar-refractivity contribution in [2.75, 3.05) is 0 Å². The highest BCUT2D eigenvalue weighted by Gasteiger charge is 2.06. The van der Waals surface area contributed by atoms with E-state index in [0.29, 0.717) is 17.3 Å². The monoisotopic (exact) mass is 261 g/mol. The van der Waals surface area contributed by atoms with E-state index >= 15 is 0 Å². The van der Waals surface area contributed by atoms with Gasteiger partial charge in [-0.3, -0.25) is 0 Å². The van der Waals surface area contributed by atoms with Crippen molar-refractivity contribution in [2.45, 2.75) is 20.4 Å². The summed E-state index contributed by atoms with van der Waals surface area (Å²) >= 11 is 6.16. The molecule has 18 heavy (non-hydrogen) atoms. The molecule has 2 aromatic rings. The first-order valence-corrected chi connectivity index (χ1v) is 6.21. The van der Waals surface area contributed by atoms with Crippen molar-refractivity contribution in [3.63, 3.8) is 0 Å². The summed E-state index contributed by atoms with van der Waals surface area (Å²) < 4.78 is 5.77. The van der Waals surface area contributed by atoms with Crippen molar-refractivity contribution in [1.29, 1.82) is 0 Å². The SMILES string of the molecule is Cc1cc(Cl)c(Oc2ccc(CN)cc2)cc1C. The van der Waals surface area contributed by atoms with Gasteiger partial charge in [0, 0.05) is 6.54 Å². The molecule has 0 aliphatic rings. The number of hydrogen-bond donors (Lipinski definition) is 1. The second kappa shape index (κ2) is 5.42. The fraction of sp³-hybridized carbons (Fsp3) is 0.200. The molecule has 2 rings (SSSR count). The third-order valence-electron chi connectivity index (χ3n) is 2.94. The first-order valence-electron chi connectivity index (χ1n) is 5.84. The van der Waals surface area contributed by atoms with Gasteiger partial charge in [-0.1, -0.05) is 23.7 Å². The molecule has 0 radical (unpaired) electrons. The van der Waals surface area contributed by atoms with E-state index < -0.39 is 0 Å². The highest BCUT2D eigenvalue weighted by Crippen LogP contribution is 2.31. The van der Waals surface area contributed by atoms with Gasteiger partial charge in [0.2, 0.25) is 0 Å². The maximum atomic E-state index is 6.16. The number of halogens is 1. The molecule has 2 nitrogen and oxygen atoms in total. The van der Waals surface area contributed by atoms with Crippen LogP contribution >= 0.6 is 11.6 Å². The second-order valence-electron chi connectivity index (χ2n) is 4.32. The van der Waals surface area contributed by atoms with E-state index in [9.17, 15) is 0 Å². The summed E-state index contributed by atoms with van der Waals surface area (Å²) in [5, 5.41) is 0.626. The van der Waals surface area contributed by atoms with Gasteiger partial charge in [0.1, 0.15) is 11.5 Å². The number of hydrogen-bond acceptors (Lipinski definition) is 2. The predicted molar refractivity (Wildman–Crippen MR) is 75.3 cm³/mol. The highest BCUT2D eigenvalue weighted by molar-refractivity contribution is 6.32. The van der Waals surface area contributed by atoms with Crippen LogP contribution in [0.3, 0.4) is 0 Å². The molecule has 0 spiro atoms. The molecule has 0 atom stereocenters. The average Bonchev–Trinajstić information content (AvgIpc) is 2.37. The Morgan fingerprint density at radius 1 is 1.06 bits per heavy atom. The van der Waals surface area contributed by atoms with Gasteiger partial charge in [-0.15, -0.1) is 0 Å². The lowest BCUT2D eigenvalue weighted by Crippen LogP contribution is -1.95. The molecule has 3 heteroatoms. The molecule has 0 fully saturated rings. The summed E-state index contributed by atoms with van der Waals surface area (Å²) in [6, 6.07) is 11.6. The van der Waals surface area contributed by atoms with Gasteiger partial charge in [-0.25, -0.2) is 0 Å². The van der Waals surface area contributed by atoms with Crippen LogP contribution in [0.5, 0.6) is 11.5 Å². The van der Waals surface area contributed by atoms with Crippen molar-refractivity contribution in [3.05, 3.63) is 58.1 Å². The third kappa shape index (κ3) is 2.84. The molecule has 2 N–H and O–H groups in total. The van der Waals surface area contributed by atoms with E-state index in [2.05, 4.69) is 0 Å². The molecule has 94 valence electrons. The Hall–Kier alpha value is -1.51. The molecule has 0 bridgehead atoms. The van der Waals surface area contributed by atoms with Crippen molar-refractivity contribution in [1.82, 2.24) is 0 Å². The Balaban J connectivity index is 2.25. The zero-order valence-electron chi connectivity index (χ0n) is 10.5. The summed E-state index contributed by atoms with van der Waals surface area (Å²) in [7, 11) is 0. The molecule has 0 aromatic heterocycles. The highest BCUT2D eigenvalue weighted by atomic mass is 35.5. The Morgan fingerprint density at radius 2 is 1.67 bits per heavy atom. The van der Waals surface area contributed by atoms with Crippen molar-refractivity contribution in [2.24, 2.45) is 5.73 Å². The quantitative estimate of drug-likeness (QED) is 0.898. The fourth-order valence-electron chi connectivity index (χ4n) is 1.65. The zero-order chi connectivity index (χ0) is 13.1. The van der Waals surface area contributed by atoms with E-state index in [1.54, 1.807) is 0 Å². The zero-order valence-corrected chi connectivity index (χ0v) is 11.3. The molecule has 0 aliphatic carbocycles. The van der Waals surface area contributed by atoms with Gasteiger partial charge in [0.25, 0.3) is 0 Å². The van der Waals surface area contributed by atoms with Crippen LogP contribution in [0.4, 0.5) is 0 Å². The Kier molecular flexibility index (Phi) is 3.90. The van der Waals surface area contributed by atoms with Crippen LogP contribution in [0.15, 0.2) is 36.4 Å². The van der Waals surface area contributed by atoms with Crippen LogP contribution in [0.25, 0.3) is 0 Å². The smallest absolute Gasteiger partial charge is 0.146 e. The van der Waals surface area contributed by atoms with Crippen LogP contribution in [0, 0.1) is 13.8 Å². The largest absolute Gasteiger partial charge is 0.456 e. The predicted octanol–water partition coefficient (Wildman–Crippen LogP) is 4.21. The van der Waals surface area contributed by atoms with Gasteiger partial charge in [0.15, 0.2) is 0 Å². The van der Waals surface area contributed by atoms with Gasteiger partial charge < -0.3 is 10.5 Å². The molecule has 0 aliphatic heterocycles. The number of ether oxygens (including phenoxy) is 1. The number of aryl methyl sites for hydroxylation is 2. The Bertz CT molecular complexity index is 549. The maximum absolute atomic E-state index is 6.16. The molecular formula is C15H16ClNO. The minimum atomic E-state index is 0.532. The minimum Gasteiger partial charge on any atom is -0.456 e. The Labute approximate surface area is 112 Å². The maximum Gasteiger partial charge on any atom is 0.146 e. The fourth-order valence-corrected chi connectivity index (χ4v) is 1.91. The van der Waals surface area contributed by atoms with E-state index in [-0.39, 0.29) is 0 Å². The molecule has 0 saturated carbocycles. The molecular weight excluding hydrogens is 246 g/mol. The van der Waals surface area contributed by atoms with Crippen LogP contribution in [0.1, 0.15) is 16.7 Å². The summed E-state index contributed by atoms with van der Waals surface area (Å²) in [6.07, 6.45) is 0. The molecule has 0 amide bonds. The molecule has 2 aromatic carbocycles.